The fourth-order valence-corrected chi connectivity index (χ4v) is 1.66. The number of aryl methyl sites for hydroxylation is 1. The fourth-order valence-electron chi connectivity index (χ4n) is 1.66. The lowest BCUT2D eigenvalue weighted by atomic mass is 9.96. The van der Waals surface area contributed by atoms with E-state index in [4.69, 9.17) is 4.74 Å². The van der Waals surface area contributed by atoms with Crippen molar-refractivity contribution in [3.8, 4) is 5.75 Å². The molecule has 0 spiro atoms. The van der Waals surface area contributed by atoms with Gasteiger partial charge in [-0.25, -0.2) is 0 Å². The molecule has 2 rings (SSSR count). The van der Waals surface area contributed by atoms with Gasteiger partial charge in [0.2, 0.25) is 0 Å². The molecule has 0 amide bonds. The van der Waals surface area contributed by atoms with Crippen LogP contribution in [0, 0.1) is 6.92 Å². The van der Waals surface area contributed by atoms with E-state index in [2.05, 4.69) is 30.4 Å². The molecule has 0 bridgehead atoms. The molecule has 0 aromatic heterocycles. The van der Waals surface area contributed by atoms with Crippen LogP contribution in [0.5, 0.6) is 5.75 Å². The Hall–Kier alpha value is -1.02. The summed E-state index contributed by atoms with van der Waals surface area (Å²) in [7, 11) is 1.73. The summed E-state index contributed by atoms with van der Waals surface area (Å²) in [5.41, 5.74) is 2.54. The van der Waals surface area contributed by atoms with Crippen LogP contribution < -0.4 is 10.1 Å². The lowest BCUT2D eigenvalue weighted by Crippen LogP contribution is -2.35. The zero-order valence-corrected chi connectivity index (χ0v) is 8.13. The van der Waals surface area contributed by atoms with Crippen molar-refractivity contribution >= 4 is 0 Å². The minimum Gasteiger partial charge on any atom is -0.496 e. The van der Waals surface area contributed by atoms with Crippen LogP contribution in [0.4, 0.5) is 0 Å². The van der Waals surface area contributed by atoms with Gasteiger partial charge < -0.3 is 10.1 Å². The van der Waals surface area contributed by atoms with E-state index in [1.54, 1.807) is 7.11 Å². The summed E-state index contributed by atoms with van der Waals surface area (Å²) in [6.07, 6.45) is 1.22. The van der Waals surface area contributed by atoms with Crippen LogP contribution in [0.15, 0.2) is 18.2 Å². The van der Waals surface area contributed by atoms with E-state index >= 15 is 0 Å². The topological polar surface area (TPSA) is 21.3 Å². The third-order valence-corrected chi connectivity index (χ3v) is 2.59. The van der Waals surface area contributed by atoms with Gasteiger partial charge in [0.1, 0.15) is 5.75 Å². The Morgan fingerprint density at radius 3 is 2.77 bits per heavy atom. The zero-order chi connectivity index (χ0) is 9.26. The summed E-state index contributed by atoms with van der Waals surface area (Å²) < 4.78 is 5.34. The maximum Gasteiger partial charge on any atom is 0.123 e. The molecule has 70 valence electrons. The van der Waals surface area contributed by atoms with E-state index in [-0.39, 0.29) is 0 Å². The second kappa shape index (κ2) is 3.38. The van der Waals surface area contributed by atoms with Crippen molar-refractivity contribution in [2.24, 2.45) is 0 Å². The average Bonchev–Trinajstić information content (AvgIpc) is 2.05. The summed E-state index contributed by atoms with van der Waals surface area (Å²) in [5.74, 6) is 1.01. The molecule has 1 aromatic rings. The molecule has 1 fully saturated rings. The SMILES string of the molecule is COc1cc(C)ccc1C1CCN1. The third kappa shape index (κ3) is 1.54. The largest absolute Gasteiger partial charge is 0.496 e. The Morgan fingerprint density at radius 1 is 1.46 bits per heavy atom. The minimum absolute atomic E-state index is 0.510. The summed E-state index contributed by atoms with van der Waals surface area (Å²) in [6.45, 7) is 3.21. The van der Waals surface area contributed by atoms with Crippen LogP contribution in [-0.4, -0.2) is 13.7 Å². The van der Waals surface area contributed by atoms with Gasteiger partial charge in [-0.15, -0.1) is 0 Å². The first kappa shape index (κ1) is 8.57. The summed E-state index contributed by atoms with van der Waals surface area (Å²) in [6, 6.07) is 6.90. The van der Waals surface area contributed by atoms with E-state index < -0.39 is 0 Å². The number of ether oxygens (including phenoxy) is 1. The number of benzene rings is 1. The molecule has 1 aliphatic heterocycles. The Labute approximate surface area is 78.9 Å². The summed E-state index contributed by atoms with van der Waals surface area (Å²) >= 11 is 0. The number of methoxy groups -OCH3 is 1. The second-order valence-corrected chi connectivity index (χ2v) is 3.54. The molecule has 1 atom stereocenters. The Bertz CT molecular complexity index is 305. The standard InChI is InChI=1S/C11H15NO/c1-8-3-4-9(10-5-6-12-10)11(7-8)13-2/h3-4,7,10,12H,5-6H2,1-2H3. The van der Waals surface area contributed by atoms with Gasteiger partial charge in [-0.3, -0.25) is 0 Å². The molecule has 1 aliphatic rings. The predicted molar refractivity (Wildman–Crippen MR) is 53.1 cm³/mol. The quantitative estimate of drug-likeness (QED) is 0.746. The van der Waals surface area contributed by atoms with Crippen LogP contribution >= 0.6 is 0 Å². The van der Waals surface area contributed by atoms with E-state index in [1.807, 2.05) is 0 Å². The molecular weight excluding hydrogens is 162 g/mol. The molecule has 1 heterocycles. The monoisotopic (exact) mass is 177 g/mol. The van der Waals surface area contributed by atoms with Crippen molar-refractivity contribution in [2.45, 2.75) is 19.4 Å². The van der Waals surface area contributed by atoms with Crippen LogP contribution in [-0.2, 0) is 0 Å². The minimum atomic E-state index is 0.510. The van der Waals surface area contributed by atoms with Gasteiger partial charge in [0.05, 0.1) is 7.11 Å². The highest BCUT2D eigenvalue weighted by atomic mass is 16.5. The molecule has 2 nitrogen and oxygen atoms in total. The molecule has 0 aliphatic carbocycles. The molecule has 2 heteroatoms. The van der Waals surface area contributed by atoms with Gasteiger partial charge in [-0.05, 0) is 31.5 Å². The Morgan fingerprint density at radius 2 is 2.23 bits per heavy atom. The predicted octanol–water partition coefficient (Wildman–Crippen LogP) is 2.04. The molecule has 1 N–H and O–H groups in total. The highest BCUT2D eigenvalue weighted by molar-refractivity contribution is 5.40. The molecule has 0 radical (unpaired) electrons. The van der Waals surface area contributed by atoms with Crippen molar-refractivity contribution in [1.29, 1.82) is 0 Å². The Kier molecular flexibility index (Phi) is 2.23. The van der Waals surface area contributed by atoms with Gasteiger partial charge in [0.15, 0.2) is 0 Å². The average molecular weight is 177 g/mol. The number of hydrogen-bond donors (Lipinski definition) is 1. The second-order valence-electron chi connectivity index (χ2n) is 3.54. The molecule has 13 heavy (non-hydrogen) atoms. The normalized spacial score (nSPS) is 20.9. The van der Waals surface area contributed by atoms with E-state index in [1.165, 1.54) is 17.5 Å². The van der Waals surface area contributed by atoms with Crippen LogP contribution in [0.25, 0.3) is 0 Å². The number of rotatable bonds is 2. The maximum absolute atomic E-state index is 5.34. The van der Waals surface area contributed by atoms with Crippen LogP contribution in [0.2, 0.25) is 0 Å². The van der Waals surface area contributed by atoms with Gasteiger partial charge in [-0.1, -0.05) is 12.1 Å². The van der Waals surface area contributed by atoms with Crippen molar-refractivity contribution in [3.05, 3.63) is 29.3 Å². The first-order valence-corrected chi connectivity index (χ1v) is 4.69. The molecule has 1 unspecified atom stereocenters. The van der Waals surface area contributed by atoms with Crippen molar-refractivity contribution < 1.29 is 4.74 Å². The van der Waals surface area contributed by atoms with E-state index in [0.717, 1.165) is 12.3 Å². The molecule has 0 saturated carbocycles. The summed E-state index contributed by atoms with van der Waals surface area (Å²) in [5, 5.41) is 3.38. The maximum atomic E-state index is 5.34. The number of nitrogens with one attached hydrogen (secondary N) is 1. The number of hydrogen-bond acceptors (Lipinski definition) is 2. The first-order chi connectivity index (χ1) is 6.31. The van der Waals surface area contributed by atoms with Gasteiger partial charge in [0.25, 0.3) is 0 Å². The zero-order valence-electron chi connectivity index (χ0n) is 8.13. The molecule has 1 aromatic carbocycles. The van der Waals surface area contributed by atoms with Crippen molar-refractivity contribution in [3.63, 3.8) is 0 Å². The van der Waals surface area contributed by atoms with Crippen LogP contribution in [0.1, 0.15) is 23.6 Å². The first-order valence-electron chi connectivity index (χ1n) is 4.69. The Balaban J connectivity index is 2.32. The van der Waals surface area contributed by atoms with Gasteiger partial charge in [-0.2, -0.15) is 0 Å². The highest BCUT2D eigenvalue weighted by Gasteiger charge is 2.21. The third-order valence-electron chi connectivity index (χ3n) is 2.59. The summed E-state index contributed by atoms with van der Waals surface area (Å²) in [4.78, 5) is 0. The molecular formula is C11H15NO. The van der Waals surface area contributed by atoms with Gasteiger partial charge in [0, 0.05) is 11.6 Å². The smallest absolute Gasteiger partial charge is 0.123 e. The van der Waals surface area contributed by atoms with Crippen molar-refractivity contribution in [2.75, 3.05) is 13.7 Å². The molecule has 1 saturated heterocycles. The lowest BCUT2D eigenvalue weighted by Gasteiger charge is -2.29. The van der Waals surface area contributed by atoms with Crippen LogP contribution in [0.3, 0.4) is 0 Å². The highest BCUT2D eigenvalue weighted by Crippen LogP contribution is 2.31. The van der Waals surface area contributed by atoms with E-state index in [0.29, 0.717) is 6.04 Å². The fraction of sp³-hybridized carbons (Fsp3) is 0.455. The van der Waals surface area contributed by atoms with Gasteiger partial charge >= 0.3 is 0 Å². The lowest BCUT2D eigenvalue weighted by molar-refractivity contribution is 0.353. The van der Waals surface area contributed by atoms with Crippen molar-refractivity contribution in [1.82, 2.24) is 5.32 Å². The van der Waals surface area contributed by atoms with E-state index in [9.17, 15) is 0 Å².